The van der Waals surface area contributed by atoms with Crippen molar-refractivity contribution in [2.45, 2.75) is 20.5 Å². The van der Waals surface area contributed by atoms with Crippen LogP contribution in [0, 0.1) is 19.7 Å². The Labute approximate surface area is 93.7 Å². The molecule has 0 spiro atoms. The maximum Gasteiger partial charge on any atom is 0.167 e. The average molecular weight is 220 g/mol. The molecule has 2 aromatic rings. The van der Waals surface area contributed by atoms with Crippen LogP contribution >= 0.6 is 0 Å². The molecule has 0 fully saturated rings. The van der Waals surface area contributed by atoms with Gasteiger partial charge in [-0.15, -0.1) is 0 Å². The molecule has 2 rings (SSSR count). The largest absolute Gasteiger partial charge is 0.483 e. The summed E-state index contributed by atoms with van der Waals surface area (Å²) in [5.74, 6) is 1.46. The molecule has 0 aliphatic carbocycles. The van der Waals surface area contributed by atoms with Gasteiger partial charge in [0.15, 0.2) is 11.6 Å². The van der Waals surface area contributed by atoms with Gasteiger partial charge in [-0.05, 0) is 37.6 Å². The van der Waals surface area contributed by atoms with Crippen molar-refractivity contribution in [2.24, 2.45) is 0 Å². The Bertz CT molecular complexity index is 488. The SMILES string of the molecule is Cc1ccc(COc2cccc(C)c2F)o1. The van der Waals surface area contributed by atoms with Crippen LogP contribution in [0.3, 0.4) is 0 Å². The standard InChI is InChI=1S/C13H13FO2/c1-9-4-3-5-12(13(9)14)15-8-11-7-6-10(2)16-11/h3-7H,8H2,1-2H3. The van der Waals surface area contributed by atoms with Gasteiger partial charge in [0.25, 0.3) is 0 Å². The summed E-state index contributed by atoms with van der Waals surface area (Å²) >= 11 is 0. The fourth-order valence-electron chi connectivity index (χ4n) is 1.44. The van der Waals surface area contributed by atoms with Gasteiger partial charge in [-0.2, -0.15) is 0 Å². The molecule has 84 valence electrons. The number of halogens is 1. The Morgan fingerprint density at radius 2 is 2.00 bits per heavy atom. The van der Waals surface area contributed by atoms with Crippen molar-refractivity contribution < 1.29 is 13.5 Å². The third-order valence-electron chi connectivity index (χ3n) is 2.32. The first-order valence-corrected chi connectivity index (χ1v) is 5.10. The van der Waals surface area contributed by atoms with Gasteiger partial charge < -0.3 is 9.15 Å². The summed E-state index contributed by atoms with van der Waals surface area (Å²) in [5, 5.41) is 0. The third kappa shape index (κ3) is 2.24. The molecule has 0 aliphatic heterocycles. The van der Waals surface area contributed by atoms with E-state index in [1.807, 2.05) is 19.1 Å². The number of aryl methyl sites for hydroxylation is 2. The lowest BCUT2D eigenvalue weighted by molar-refractivity contribution is 0.256. The fraction of sp³-hybridized carbons (Fsp3) is 0.231. The Morgan fingerprint density at radius 3 is 2.69 bits per heavy atom. The highest BCUT2D eigenvalue weighted by Crippen LogP contribution is 2.21. The summed E-state index contributed by atoms with van der Waals surface area (Å²) in [4.78, 5) is 0. The van der Waals surface area contributed by atoms with E-state index in [-0.39, 0.29) is 18.2 Å². The number of hydrogen-bond acceptors (Lipinski definition) is 2. The van der Waals surface area contributed by atoms with E-state index in [0.29, 0.717) is 11.3 Å². The first kappa shape index (κ1) is 10.7. The normalized spacial score (nSPS) is 10.4. The summed E-state index contributed by atoms with van der Waals surface area (Å²) in [5.41, 5.74) is 0.577. The molecule has 1 aromatic carbocycles. The Morgan fingerprint density at radius 1 is 1.19 bits per heavy atom. The van der Waals surface area contributed by atoms with Gasteiger partial charge in [0.05, 0.1) is 0 Å². The second kappa shape index (κ2) is 4.39. The predicted octanol–water partition coefficient (Wildman–Crippen LogP) is 3.61. The Balaban J connectivity index is 2.07. The zero-order chi connectivity index (χ0) is 11.5. The van der Waals surface area contributed by atoms with E-state index < -0.39 is 0 Å². The second-order valence-corrected chi connectivity index (χ2v) is 3.69. The van der Waals surface area contributed by atoms with Crippen molar-refractivity contribution in [1.82, 2.24) is 0 Å². The van der Waals surface area contributed by atoms with Gasteiger partial charge >= 0.3 is 0 Å². The molecule has 16 heavy (non-hydrogen) atoms. The zero-order valence-electron chi connectivity index (χ0n) is 9.29. The average Bonchev–Trinajstić information content (AvgIpc) is 2.67. The van der Waals surface area contributed by atoms with Crippen LogP contribution < -0.4 is 4.74 Å². The highest BCUT2D eigenvalue weighted by atomic mass is 19.1. The Hall–Kier alpha value is -1.77. The van der Waals surface area contributed by atoms with Crippen LogP contribution in [0.5, 0.6) is 5.75 Å². The van der Waals surface area contributed by atoms with Gasteiger partial charge in [0.1, 0.15) is 18.1 Å². The molecule has 3 heteroatoms. The summed E-state index contributed by atoms with van der Waals surface area (Å²) in [7, 11) is 0. The van der Waals surface area contributed by atoms with Crippen molar-refractivity contribution in [3.05, 3.63) is 53.2 Å². The van der Waals surface area contributed by atoms with Gasteiger partial charge in [0.2, 0.25) is 0 Å². The minimum atomic E-state index is -0.314. The molecule has 2 nitrogen and oxygen atoms in total. The molecule has 1 heterocycles. The van der Waals surface area contributed by atoms with E-state index in [0.717, 1.165) is 5.76 Å². The fourth-order valence-corrected chi connectivity index (χ4v) is 1.44. The van der Waals surface area contributed by atoms with Crippen LogP contribution in [0.15, 0.2) is 34.7 Å². The van der Waals surface area contributed by atoms with Crippen LogP contribution in [0.1, 0.15) is 17.1 Å². The van der Waals surface area contributed by atoms with E-state index >= 15 is 0 Å². The van der Waals surface area contributed by atoms with Gasteiger partial charge in [0, 0.05) is 0 Å². The molecule has 0 amide bonds. The van der Waals surface area contributed by atoms with E-state index in [2.05, 4.69) is 0 Å². The molecule has 0 radical (unpaired) electrons. The van der Waals surface area contributed by atoms with Crippen LogP contribution in [-0.4, -0.2) is 0 Å². The van der Waals surface area contributed by atoms with Gasteiger partial charge in [-0.25, -0.2) is 4.39 Å². The lowest BCUT2D eigenvalue weighted by Crippen LogP contribution is -1.97. The monoisotopic (exact) mass is 220 g/mol. The van der Waals surface area contributed by atoms with Crippen LogP contribution in [0.4, 0.5) is 4.39 Å². The summed E-state index contributed by atoms with van der Waals surface area (Å²) in [6.07, 6.45) is 0. The molecule has 0 saturated carbocycles. The molecule has 0 aliphatic rings. The number of ether oxygens (including phenoxy) is 1. The summed E-state index contributed by atoms with van der Waals surface area (Å²) < 4.78 is 24.2. The quantitative estimate of drug-likeness (QED) is 0.788. The first-order valence-electron chi connectivity index (χ1n) is 5.10. The van der Waals surface area contributed by atoms with Crippen LogP contribution in [-0.2, 0) is 6.61 Å². The van der Waals surface area contributed by atoms with Crippen LogP contribution in [0.25, 0.3) is 0 Å². The van der Waals surface area contributed by atoms with Crippen molar-refractivity contribution >= 4 is 0 Å². The van der Waals surface area contributed by atoms with Crippen LogP contribution in [0.2, 0.25) is 0 Å². The molecule has 0 bridgehead atoms. The molecule has 0 saturated heterocycles. The summed E-state index contributed by atoms with van der Waals surface area (Å²) in [6, 6.07) is 8.76. The minimum Gasteiger partial charge on any atom is -0.483 e. The zero-order valence-corrected chi connectivity index (χ0v) is 9.29. The van der Waals surface area contributed by atoms with Crippen molar-refractivity contribution in [3.8, 4) is 5.75 Å². The number of furan rings is 1. The number of rotatable bonds is 3. The van der Waals surface area contributed by atoms with E-state index in [9.17, 15) is 4.39 Å². The van der Waals surface area contributed by atoms with E-state index in [1.54, 1.807) is 25.1 Å². The minimum absolute atomic E-state index is 0.244. The lowest BCUT2D eigenvalue weighted by atomic mass is 10.2. The molecule has 0 atom stereocenters. The van der Waals surface area contributed by atoms with E-state index in [4.69, 9.17) is 9.15 Å². The topological polar surface area (TPSA) is 22.4 Å². The lowest BCUT2D eigenvalue weighted by Gasteiger charge is -2.06. The second-order valence-electron chi connectivity index (χ2n) is 3.69. The van der Waals surface area contributed by atoms with E-state index in [1.165, 1.54) is 0 Å². The maximum absolute atomic E-state index is 13.6. The van der Waals surface area contributed by atoms with Gasteiger partial charge in [-0.1, -0.05) is 12.1 Å². The Kier molecular flexibility index (Phi) is 2.95. The summed E-state index contributed by atoms with van der Waals surface area (Å²) in [6.45, 7) is 3.81. The maximum atomic E-state index is 13.6. The highest BCUT2D eigenvalue weighted by Gasteiger charge is 2.06. The molecular weight excluding hydrogens is 207 g/mol. The van der Waals surface area contributed by atoms with Crippen molar-refractivity contribution in [1.29, 1.82) is 0 Å². The smallest absolute Gasteiger partial charge is 0.167 e. The molecule has 0 unspecified atom stereocenters. The molecule has 0 N–H and O–H groups in total. The number of hydrogen-bond donors (Lipinski definition) is 0. The van der Waals surface area contributed by atoms with Crippen molar-refractivity contribution in [2.75, 3.05) is 0 Å². The highest BCUT2D eigenvalue weighted by molar-refractivity contribution is 5.30. The predicted molar refractivity (Wildman–Crippen MR) is 58.9 cm³/mol. The molecule has 1 aromatic heterocycles. The number of benzene rings is 1. The van der Waals surface area contributed by atoms with Crippen molar-refractivity contribution in [3.63, 3.8) is 0 Å². The molecular formula is C13H13FO2. The van der Waals surface area contributed by atoms with Gasteiger partial charge in [-0.3, -0.25) is 0 Å². The third-order valence-corrected chi connectivity index (χ3v) is 2.32. The first-order chi connectivity index (χ1) is 7.66.